The maximum Gasteiger partial charge on any atom is 0.145 e. The lowest BCUT2D eigenvalue weighted by Crippen LogP contribution is -2.10. The Morgan fingerprint density at radius 1 is 0.356 bits per heavy atom. The minimum Gasteiger partial charge on any atom is -0.455 e. The zero-order valence-electron chi connectivity index (χ0n) is 32.0. The van der Waals surface area contributed by atoms with Gasteiger partial charge in [0.05, 0.1) is 11.1 Å². The third kappa shape index (κ3) is 5.62. The Bertz CT molecular complexity index is 3550. The van der Waals surface area contributed by atoms with E-state index in [0.29, 0.717) is 0 Å². The number of furan rings is 1. The summed E-state index contributed by atoms with van der Waals surface area (Å²) in [5.41, 5.74) is 11.9. The van der Waals surface area contributed by atoms with E-state index >= 15 is 0 Å². The Balaban J connectivity index is 1.11. The van der Waals surface area contributed by atoms with Gasteiger partial charge < -0.3 is 9.32 Å². The standard InChI is InChI=1S/C56H35NOS/c1-4-12-36(13-5-1)40-23-27-50-52(33-40)58-56-47(38-16-8-3-9-17-38)30-31-51(55(50)56)57(43-24-28-46-42(32-43)21-20-39-18-10-11-19-45(39)46)44-25-29-49-48-26-22-41(37-14-6-2-7-15-37)34-53(48)59-54(49)35-44/h1-35H. The molecule has 0 unspecified atom stereocenters. The van der Waals surface area contributed by atoms with Crippen LogP contribution in [0.15, 0.2) is 217 Å². The molecule has 2 nitrogen and oxygen atoms in total. The molecule has 0 amide bonds. The molecule has 0 bridgehead atoms. The van der Waals surface area contributed by atoms with Crippen molar-refractivity contribution in [3.8, 4) is 33.4 Å². The van der Waals surface area contributed by atoms with Gasteiger partial charge in [-0.2, -0.15) is 0 Å². The summed E-state index contributed by atoms with van der Waals surface area (Å²) >= 11 is 1.86. The Kier molecular flexibility index (Phi) is 7.75. The molecule has 12 aromatic rings. The van der Waals surface area contributed by atoms with Gasteiger partial charge in [-0.25, -0.2) is 0 Å². The first-order chi connectivity index (χ1) is 29.2. The van der Waals surface area contributed by atoms with E-state index in [0.717, 1.165) is 61.3 Å². The van der Waals surface area contributed by atoms with Crippen molar-refractivity contribution in [2.45, 2.75) is 0 Å². The maximum absolute atomic E-state index is 7.01. The third-order valence-corrected chi connectivity index (χ3v) is 13.0. The van der Waals surface area contributed by atoms with E-state index in [1.165, 1.54) is 52.8 Å². The van der Waals surface area contributed by atoms with Gasteiger partial charge in [-0.15, -0.1) is 11.3 Å². The number of hydrogen-bond donors (Lipinski definition) is 0. The van der Waals surface area contributed by atoms with E-state index < -0.39 is 0 Å². The molecule has 0 aliphatic rings. The molecule has 0 radical (unpaired) electrons. The van der Waals surface area contributed by atoms with Crippen LogP contribution in [0.2, 0.25) is 0 Å². The highest BCUT2D eigenvalue weighted by molar-refractivity contribution is 7.25. The van der Waals surface area contributed by atoms with Crippen molar-refractivity contribution in [1.82, 2.24) is 0 Å². The molecule has 12 rings (SSSR count). The van der Waals surface area contributed by atoms with Crippen LogP contribution in [0.4, 0.5) is 17.1 Å². The van der Waals surface area contributed by atoms with Crippen molar-refractivity contribution in [3.63, 3.8) is 0 Å². The quantitative estimate of drug-likeness (QED) is 0.157. The van der Waals surface area contributed by atoms with Crippen LogP contribution in [0.25, 0.3) is 97.0 Å². The van der Waals surface area contributed by atoms with Crippen LogP contribution in [0.5, 0.6) is 0 Å². The summed E-state index contributed by atoms with van der Waals surface area (Å²) < 4.78 is 9.55. The summed E-state index contributed by atoms with van der Waals surface area (Å²) in [4.78, 5) is 2.44. The Morgan fingerprint density at radius 2 is 0.915 bits per heavy atom. The maximum atomic E-state index is 7.01. The fourth-order valence-electron chi connectivity index (χ4n) is 8.99. The van der Waals surface area contributed by atoms with Gasteiger partial charge >= 0.3 is 0 Å². The molecule has 0 spiro atoms. The summed E-state index contributed by atoms with van der Waals surface area (Å²) in [5, 5.41) is 9.67. The number of nitrogens with zero attached hydrogens (tertiary/aromatic N) is 1. The average Bonchev–Trinajstić information content (AvgIpc) is 3.88. The molecule has 0 fully saturated rings. The van der Waals surface area contributed by atoms with E-state index in [1.807, 2.05) is 11.3 Å². The molecule has 2 aromatic heterocycles. The summed E-state index contributed by atoms with van der Waals surface area (Å²) in [6.45, 7) is 0. The number of thiophene rings is 1. The molecule has 59 heavy (non-hydrogen) atoms. The van der Waals surface area contributed by atoms with Crippen molar-refractivity contribution < 1.29 is 4.42 Å². The summed E-state index contributed by atoms with van der Waals surface area (Å²) in [6, 6.07) is 76.9. The molecule has 0 atom stereocenters. The molecule has 3 heteroatoms. The number of rotatable bonds is 6. The second kappa shape index (κ2) is 13.6. The van der Waals surface area contributed by atoms with E-state index in [-0.39, 0.29) is 0 Å². The number of anilines is 3. The van der Waals surface area contributed by atoms with Crippen LogP contribution in [0.3, 0.4) is 0 Å². The largest absolute Gasteiger partial charge is 0.455 e. The molecule has 10 aromatic carbocycles. The first kappa shape index (κ1) is 33.7. The van der Waals surface area contributed by atoms with Gasteiger partial charge in [0.2, 0.25) is 0 Å². The molecular formula is C56H35NOS. The second-order valence-electron chi connectivity index (χ2n) is 15.3. The summed E-state index contributed by atoms with van der Waals surface area (Å²) in [5.74, 6) is 0. The van der Waals surface area contributed by atoms with E-state index in [4.69, 9.17) is 4.42 Å². The molecule has 0 aliphatic carbocycles. The SMILES string of the molecule is c1ccc(-c2ccc3c(c2)oc2c(-c4ccccc4)ccc(N(c4ccc5c(ccc6ccccc65)c4)c4ccc5c(c4)sc4cc(-c6ccccc6)ccc45)c23)cc1. The molecule has 2 heterocycles. The molecule has 0 saturated heterocycles. The van der Waals surface area contributed by atoms with Gasteiger partial charge in [-0.05, 0) is 104 Å². The van der Waals surface area contributed by atoms with Crippen LogP contribution >= 0.6 is 11.3 Å². The lowest BCUT2D eigenvalue weighted by Gasteiger charge is -2.27. The van der Waals surface area contributed by atoms with Crippen LogP contribution in [0, 0.1) is 0 Å². The van der Waals surface area contributed by atoms with Crippen molar-refractivity contribution in [1.29, 1.82) is 0 Å². The van der Waals surface area contributed by atoms with Gasteiger partial charge in [-0.1, -0.05) is 158 Å². The molecular weight excluding hydrogens is 735 g/mol. The normalized spacial score (nSPS) is 11.7. The zero-order valence-corrected chi connectivity index (χ0v) is 32.8. The predicted octanol–water partition coefficient (Wildman–Crippen LogP) is 16.7. The van der Waals surface area contributed by atoms with Gasteiger partial charge in [0.1, 0.15) is 11.2 Å². The van der Waals surface area contributed by atoms with E-state index in [1.54, 1.807) is 0 Å². The fourth-order valence-corrected chi connectivity index (χ4v) is 10.2. The topological polar surface area (TPSA) is 16.4 Å². The zero-order chi connectivity index (χ0) is 38.9. The highest BCUT2D eigenvalue weighted by atomic mass is 32.1. The lowest BCUT2D eigenvalue weighted by atomic mass is 9.98. The smallest absolute Gasteiger partial charge is 0.145 e. The lowest BCUT2D eigenvalue weighted by molar-refractivity contribution is 0.670. The fraction of sp³-hybridized carbons (Fsp3) is 0. The van der Waals surface area contributed by atoms with Crippen LogP contribution in [0.1, 0.15) is 0 Å². The highest BCUT2D eigenvalue weighted by Crippen LogP contribution is 2.48. The van der Waals surface area contributed by atoms with Gasteiger partial charge in [0.25, 0.3) is 0 Å². The summed E-state index contributed by atoms with van der Waals surface area (Å²) in [7, 11) is 0. The Morgan fingerprint density at radius 3 is 1.66 bits per heavy atom. The first-order valence-electron chi connectivity index (χ1n) is 20.1. The molecule has 0 N–H and O–H groups in total. The minimum atomic E-state index is 0.866. The minimum absolute atomic E-state index is 0.866. The monoisotopic (exact) mass is 769 g/mol. The van der Waals surface area contributed by atoms with Gasteiger partial charge in [0, 0.05) is 42.5 Å². The highest BCUT2D eigenvalue weighted by Gasteiger charge is 2.24. The average molecular weight is 770 g/mol. The molecule has 276 valence electrons. The Hall–Kier alpha value is -7.46. The summed E-state index contributed by atoms with van der Waals surface area (Å²) in [6.07, 6.45) is 0. The van der Waals surface area contributed by atoms with Crippen molar-refractivity contribution in [2.24, 2.45) is 0 Å². The first-order valence-corrected chi connectivity index (χ1v) is 20.9. The number of hydrogen-bond acceptors (Lipinski definition) is 3. The van der Waals surface area contributed by atoms with Crippen LogP contribution < -0.4 is 4.90 Å². The van der Waals surface area contributed by atoms with Crippen LogP contribution in [-0.4, -0.2) is 0 Å². The number of fused-ring (bicyclic) bond motifs is 9. The van der Waals surface area contributed by atoms with Crippen molar-refractivity contribution in [3.05, 3.63) is 212 Å². The third-order valence-electron chi connectivity index (χ3n) is 11.8. The van der Waals surface area contributed by atoms with E-state index in [9.17, 15) is 0 Å². The van der Waals surface area contributed by atoms with Gasteiger partial charge in [0.15, 0.2) is 0 Å². The van der Waals surface area contributed by atoms with Crippen LogP contribution in [-0.2, 0) is 0 Å². The van der Waals surface area contributed by atoms with Crippen molar-refractivity contribution >= 4 is 92.1 Å². The predicted molar refractivity (Wildman–Crippen MR) is 253 cm³/mol. The van der Waals surface area contributed by atoms with E-state index in [2.05, 4.69) is 217 Å². The molecule has 0 aliphatic heterocycles. The Labute approximate surface area is 345 Å². The van der Waals surface area contributed by atoms with Crippen molar-refractivity contribution in [2.75, 3.05) is 4.90 Å². The van der Waals surface area contributed by atoms with Gasteiger partial charge in [-0.3, -0.25) is 0 Å². The number of benzene rings is 10. The molecule has 0 saturated carbocycles. The second-order valence-corrected chi connectivity index (χ2v) is 16.4.